The molecule has 210 valence electrons. The van der Waals surface area contributed by atoms with E-state index < -0.39 is 29.8 Å². The molecule has 0 radical (unpaired) electrons. The summed E-state index contributed by atoms with van der Waals surface area (Å²) < 4.78 is 34.3. The number of halogens is 2. The molecule has 4 rings (SSSR count). The number of carbonyl (C=O) groups is 2. The molecule has 0 saturated carbocycles. The maximum atomic E-state index is 14.7. The number of nitrogens with one attached hydrogen (secondary N) is 3. The largest absolute Gasteiger partial charge is 0.384 e. The second-order valence-electron chi connectivity index (χ2n) is 10.4. The minimum absolute atomic E-state index is 0.00640. The van der Waals surface area contributed by atoms with Gasteiger partial charge in [-0.25, -0.2) is 8.78 Å². The van der Waals surface area contributed by atoms with Crippen LogP contribution in [0.15, 0.2) is 24.4 Å². The van der Waals surface area contributed by atoms with E-state index in [9.17, 15) is 23.5 Å². The fourth-order valence-electron chi connectivity index (χ4n) is 5.89. The van der Waals surface area contributed by atoms with Crippen LogP contribution >= 0.6 is 0 Å². The van der Waals surface area contributed by atoms with Crippen molar-refractivity contribution in [2.24, 2.45) is 11.8 Å². The van der Waals surface area contributed by atoms with Gasteiger partial charge in [0.1, 0.15) is 23.9 Å². The molecule has 1 aromatic carbocycles. The van der Waals surface area contributed by atoms with E-state index in [1.54, 1.807) is 18.1 Å². The van der Waals surface area contributed by atoms with Crippen LogP contribution < -0.4 is 16.0 Å². The summed E-state index contributed by atoms with van der Waals surface area (Å²) in [4.78, 5) is 29.5. The summed E-state index contributed by atoms with van der Waals surface area (Å²) in [6.45, 7) is 6.02. The third-order valence-corrected chi connectivity index (χ3v) is 7.85. The molecule has 4 N–H and O–H groups in total. The Bertz CT molecular complexity index is 1030. The molecule has 0 aromatic heterocycles. The Hall–Kier alpha value is -2.76. The SMILES string of the molecule is CCN1C=C(c2cc(F)ccc2F)NC1C(C1CCOCC1)N(CC1CNC(C(=O)NC)C1)C(=O)[C@H](C)O. The Labute approximate surface area is 222 Å². The number of hydrogen-bond donors (Lipinski definition) is 4. The predicted octanol–water partition coefficient (Wildman–Crippen LogP) is 1.24. The summed E-state index contributed by atoms with van der Waals surface area (Å²) in [5.41, 5.74) is 0.566. The van der Waals surface area contributed by atoms with Crippen molar-refractivity contribution in [3.05, 3.63) is 41.6 Å². The minimum Gasteiger partial charge on any atom is -0.384 e. The van der Waals surface area contributed by atoms with Gasteiger partial charge in [0.25, 0.3) is 5.91 Å². The maximum absolute atomic E-state index is 14.7. The van der Waals surface area contributed by atoms with E-state index in [1.165, 1.54) is 6.92 Å². The van der Waals surface area contributed by atoms with Crippen molar-refractivity contribution in [2.45, 2.75) is 57.5 Å². The van der Waals surface area contributed by atoms with E-state index in [1.807, 2.05) is 11.8 Å². The zero-order valence-corrected chi connectivity index (χ0v) is 22.3. The molecule has 2 fully saturated rings. The highest BCUT2D eigenvalue weighted by Crippen LogP contribution is 2.34. The first kappa shape index (κ1) is 28.3. The number of aliphatic hydroxyl groups is 1. The molecule has 0 spiro atoms. The number of nitrogens with zero attached hydrogens (tertiary/aromatic N) is 2. The molecule has 11 heteroatoms. The van der Waals surface area contributed by atoms with Gasteiger partial charge in [-0.05, 0) is 63.1 Å². The lowest BCUT2D eigenvalue weighted by Crippen LogP contribution is -2.61. The first-order valence-electron chi connectivity index (χ1n) is 13.4. The molecular weight excluding hydrogens is 496 g/mol. The summed E-state index contributed by atoms with van der Waals surface area (Å²) in [5, 5.41) is 19.7. The number of hydrogen-bond acceptors (Lipinski definition) is 7. The van der Waals surface area contributed by atoms with Gasteiger partial charge in [-0.15, -0.1) is 0 Å². The first-order chi connectivity index (χ1) is 18.2. The number of likely N-dealkylation sites (N-methyl/N-ethyl adjacent to an activating group) is 2. The standard InChI is InChI=1S/C27H39F2N5O4/c1-4-33-15-23(20-12-19(28)5-6-21(20)29)32-25(33)24(18-7-9-38-10-8-18)34(27(37)16(2)35)14-17-11-22(31-13-17)26(36)30-3/h5-6,12,15-18,22,24-25,31-32,35H,4,7-11,13-14H2,1-3H3,(H,30,36)/t16-,17?,22?,24?,25?/m0/s1. The Morgan fingerprint density at radius 3 is 2.68 bits per heavy atom. The smallest absolute Gasteiger partial charge is 0.251 e. The van der Waals surface area contributed by atoms with Gasteiger partial charge in [0.2, 0.25) is 5.91 Å². The van der Waals surface area contributed by atoms with E-state index in [4.69, 9.17) is 4.74 Å². The van der Waals surface area contributed by atoms with E-state index in [0.717, 1.165) is 31.0 Å². The van der Waals surface area contributed by atoms with Gasteiger partial charge in [-0.2, -0.15) is 0 Å². The van der Waals surface area contributed by atoms with Crippen molar-refractivity contribution in [3.63, 3.8) is 0 Å². The zero-order valence-electron chi connectivity index (χ0n) is 22.3. The Morgan fingerprint density at radius 2 is 2.03 bits per heavy atom. The quantitative estimate of drug-likeness (QED) is 0.377. The molecule has 1 aromatic rings. The number of benzene rings is 1. The molecule has 3 heterocycles. The fourth-order valence-corrected chi connectivity index (χ4v) is 5.89. The van der Waals surface area contributed by atoms with Crippen molar-refractivity contribution >= 4 is 17.5 Å². The van der Waals surface area contributed by atoms with Crippen LogP contribution in [0.4, 0.5) is 8.78 Å². The van der Waals surface area contributed by atoms with Crippen molar-refractivity contribution in [1.82, 2.24) is 25.8 Å². The van der Waals surface area contributed by atoms with Crippen molar-refractivity contribution in [2.75, 3.05) is 39.9 Å². The summed E-state index contributed by atoms with van der Waals surface area (Å²) >= 11 is 0. The van der Waals surface area contributed by atoms with Crippen LogP contribution in [-0.2, 0) is 14.3 Å². The molecule has 2 saturated heterocycles. The van der Waals surface area contributed by atoms with Crippen LogP contribution in [0.25, 0.3) is 5.70 Å². The average Bonchev–Trinajstić information content (AvgIpc) is 3.57. The molecule has 4 unspecified atom stereocenters. The molecule has 5 atom stereocenters. The highest BCUT2D eigenvalue weighted by molar-refractivity contribution is 5.82. The van der Waals surface area contributed by atoms with Crippen LogP contribution in [0.1, 0.15) is 38.7 Å². The van der Waals surface area contributed by atoms with Gasteiger partial charge < -0.3 is 35.6 Å². The lowest BCUT2D eigenvalue weighted by Gasteiger charge is -2.46. The maximum Gasteiger partial charge on any atom is 0.251 e. The van der Waals surface area contributed by atoms with E-state index in [0.29, 0.717) is 45.0 Å². The first-order valence-corrected chi connectivity index (χ1v) is 13.4. The second kappa shape index (κ2) is 12.4. The topological polar surface area (TPSA) is 106 Å². The minimum atomic E-state index is -1.22. The molecule has 3 aliphatic heterocycles. The van der Waals surface area contributed by atoms with Crippen LogP contribution in [0, 0.1) is 23.5 Å². The van der Waals surface area contributed by atoms with Crippen molar-refractivity contribution < 1.29 is 28.2 Å². The Kier molecular flexibility index (Phi) is 9.22. The third kappa shape index (κ3) is 6.10. The normalized spacial score (nSPS) is 25.5. The lowest BCUT2D eigenvalue weighted by molar-refractivity contribution is -0.147. The van der Waals surface area contributed by atoms with Gasteiger partial charge in [0, 0.05) is 51.7 Å². The van der Waals surface area contributed by atoms with E-state index >= 15 is 0 Å². The van der Waals surface area contributed by atoms with Crippen LogP contribution in [-0.4, -0.2) is 91.0 Å². The van der Waals surface area contributed by atoms with Gasteiger partial charge in [-0.1, -0.05) is 0 Å². The van der Waals surface area contributed by atoms with E-state index in [2.05, 4.69) is 16.0 Å². The van der Waals surface area contributed by atoms with Gasteiger partial charge in [0.15, 0.2) is 0 Å². The summed E-state index contributed by atoms with van der Waals surface area (Å²) in [5.74, 6) is -1.52. The lowest BCUT2D eigenvalue weighted by atomic mass is 9.87. The van der Waals surface area contributed by atoms with Gasteiger partial charge in [-0.3, -0.25) is 9.59 Å². The molecule has 0 bridgehead atoms. The van der Waals surface area contributed by atoms with Crippen molar-refractivity contribution in [1.29, 1.82) is 0 Å². The summed E-state index contributed by atoms with van der Waals surface area (Å²) in [7, 11) is 1.60. The number of amides is 2. The number of carbonyl (C=O) groups excluding carboxylic acids is 2. The number of aliphatic hydroxyl groups excluding tert-OH is 1. The molecule has 3 aliphatic rings. The molecule has 0 aliphatic carbocycles. The number of rotatable bonds is 9. The van der Waals surface area contributed by atoms with Gasteiger partial charge >= 0.3 is 0 Å². The molecule has 38 heavy (non-hydrogen) atoms. The average molecular weight is 536 g/mol. The molecular formula is C27H39F2N5O4. The zero-order chi connectivity index (χ0) is 27.4. The monoisotopic (exact) mass is 535 g/mol. The second-order valence-corrected chi connectivity index (χ2v) is 10.4. The van der Waals surface area contributed by atoms with Crippen LogP contribution in [0.5, 0.6) is 0 Å². The number of ether oxygens (including phenoxy) is 1. The predicted molar refractivity (Wildman–Crippen MR) is 138 cm³/mol. The third-order valence-electron chi connectivity index (χ3n) is 7.85. The van der Waals surface area contributed by atoms with E-state index in [-0.39, 0.29) is 35.4 Å². The Balaban J connectivity index is 1.66. The summed E-state index contributed by atoms with van der Waals surface area (Å²) in [6.07, 6.45) is 2.14. The fraction of sp³-hybridized carbons (Fsp3) is 0.630. The Morgan fingerprint density at radius 1 is 1.29 bits per heavy atom. The van der Waals surface area contributed by atoms with Crippen LogP contribution in [0.2, 0.25) is 0 Å². The van der Waals surface area contributed by atoms with Crippen molar-refractivity contribution in [3.8, 4) is 0 Å². The van der Waals surface area contributed by atoms with Gasteiger partial charge in [0.05, 0.1) is 17.8 Å². The van der Waals surface area contributed by atoms with Crippen LogP contribution in [0.3, 0.4) is 0 Å². The molecule has 2 amide bonds. The highest BCUT2D eigenvalue weighted by Gasteiger charge is 2.44. The molecule has 9 nitrogen and oxygen atoms in total. The highest BCUT2D eigenvalue weighted by atomic mass is 19.1. The summed E-state index contributed by atoms with van der Waals surface area (Å²) in [6, 6.07) is 2.63.